The zero-order chi connectivity index (χ0) is 17.2. The summed E-state index contributed by atoms with van der Waals surface area (Å²) in [5, 5.41) is 28.3. The topological polar surface area (TPSA) is 94.8 Å². The van der Waals surface area contributed by atoms with E-state index in [1.165, 1.54) is 0 Å². The average Bonchev–Trinajstić information content (AvgIpc) is 2.76. The number of hydrogen-bond donors (Lipinski definition) is 3. The second-order valence-corrected chi connectivity index (χ2v) is 6.13. The molecule has 1 aliphatic rings. The van der Waals surface area contributed by atoms with Crippen LogP contribution in [0.25, 0.3) is 0 Å². The summed E-state index contributed by atoms with van der Waals surface area (Å²) < 4.78 is 0. The number of carbonyl (C=O) groups is 2. The summed E-state index contributed by atoms with van der Waals surface area (Å²) in [4.78, 5) is 22.1. The summed E-state index contributed by atoms with van der Waals surface area (Å²) in [6.07, 6.45) is 9.85. The number of rotatable bonds is 10. The standard InChI is InChI=1S/C18H28O5/c1-2-14-15(17(21)12-16(14)20)11-10-13(19)8-6-4-3-5-7-9-18(22)23/h4,6,10-11,13-15,17,19,21H,2-3,5,7-9,12H2,1H3,(H,22,23)/b6-4-,11-10+/t13-,14-,15+,17-/m0/s1. The second kappa shape index (κ2) is 10.3. The van der Waals surface area contributed by atoms with E-state index in [1.807, 2.05) is 19.1 Å². The lowest BCUT2D eigenvalue weighted by atomic mass is 9.91. The molecule has 0 heterocycles. The molecule has 0 amide bonds. The number of hydrogen-bond acceptors (Lipinski definition) is 4. The Bertz CT molecular complexity index is 441. The van der Waals surface area contributed by atoms with Crippen molar-refractivity contribution >= 4 is 11.8 Å². The van der Waals surface area contributed by atoms with Gasteiger partial charge in [0, 0.05) is 24.7 Å². The van der Waals surface area contributed by atoms with Crippen LogP contribution in [-0.2, 0) is 9.59 Å². The number of aliphatic hydroxyl groups excluding tert-OH is 2. The summed E-state index contributed by atoms with van der Waals surface area (Å²) in [7, 11) is 0. The Morgan fingerprint density at radius 1 is 1.35 bits per heavy atom. The SMILES string of the molecule is CC[C@@H]1C(=O)C[C@H](O)[C@@H]1/C=C/[C@@H](O)C/C=C\CCCCC(=O)O. The molecule has 5 heteroatoms. The minimum atomic E-state index is -0.771. The molecule has 0 unspecified atom stereocenters. The van der Waals surface area contributed by atoms with Crippen LogP contribution in [0, 0.1) is 11.8 Å². The van der Waals surface area contributed by atoms with Gasteiger partial charge >= 0.3 is 5.97 Å². The largest absolute Gasteiger partial charge is 0.481 e. The van der Waals surface area contributed by atoms with Crippen LogP contribution in [0.5, 0.6) is 0 Å². The van der Waals surface area contributed by atoms with Crippen molar-refractivity contribution in [1.29, 1.82) is 0 Å². The molecule has 130 valence electrons. The summed E-state index contributed by atoms with van der Waals surface area (Å²) in [6, 6.07) is 0. The van der Waals surface area contributed by atoms with Gasteiger partial charge in [-0.1, -0.05) is 31.2 Å². The monoisotopic (exact) mass is 324 g/mol. The van der Waals surface area contributed by atoms with Crippen LogP contribution >= 0.6 is 0 Å². The number of Topliss-reactive ketones (excluding diaryl/α,β-unsaturated/α-hetero) is 1. The van der Waals surface area contributed by atoms with E-state index < -0.39 is 18.2 Å². The molecule has 0 aromatic heterocycles. The van der Waals surface area contributed by atoms with Gasteiger partial charge in [-0.3, -0.25) is 9.59 Å². The predicted octanol–water partition coefficient (Wildman–Crippen LogP) is 2.47. The number of aliphatic carboxylic acids is 1. The van der Waals surface area contributed by atoms with Gasteiger partial charge in [0.1, 0.15) is 5.78 Å². The van der Waals surface area contributed by atoms with Gasteiger partial charge in [0.2, 0.25) is 0 Å². The first kappa shape index (κ1) is 19.6. The molecule has 0 saturated heterocycles. The first-order chi connectivity index (χ1) is 11.0. The molecule has 1 rings (SSSR count). The first-order valence-electron chi connectivity index (χ1n) is 8.39. The summed E-state index contributed by atoms with van der Waals surface area (Å²) >= 11 is 0. The van der Waals surface area contributed by atoms with Crippen molar-refractivity contribution in [2.45, 2.75) is 64.1 Å². The van der Waals surface area contributed by atoms with Crippen LogP contribution in [0.4, 0.5) is 0 Å². The van der Waals surface area contributed by atoms with Crippen LogP contribution in [0.3, 0.4) is 0 Å². The lowest BCUT2D eigenvalue weighted by Gasteiger charge is -2.16. The fraction of sp³-hybridized carbons (Fsp3) is 0.667. The molecule has 3 N–H and O–H groups in total. The molecule has 0 spiro atoms. The Labute approximate surface area is 137 Å². The van der Waals surface area contributed by atoms with Crippen molar-refractivity contribution in [3.8, 4) is 0 Å². The summed E-state index contributed by atoms with van der Waals surface area (Å²) in [5.74, 6) is -1.00. The van der Waals surface area contributed by atoms with Crippen molar-refractivity contribution in [3.05, 3.63) is 24.3 Å². The molecule has 0 aromatic rings. The minimum absolute atomic E-state index is 0.102. The number of carboxylic acid groups (broad SMARTS) is 1. The third-order valence-electron chi connectivity index (χ3n) is 4.28. The maximum atomic E-state index is 11.7. The smallest absolute Gasteiger partial charge is 0.303 e. The van der Waals surface area contributed by atoms with Gasteiger partial charge in [0.15, 0.2) is 0 Å². The molecule has 1 saturated carbocycles. The van der Waals surface area contributed by atoms with Crippen molar-refractivity contribution in [1.82, 2.24) is 0 Å². The Kier molecular flexibility index (Phi) is 8.81. The highest BCUT2D eigenvalue weighted by Gasteiger charge is 2.38. The summed E-state index contributed by atoms with van der Waals surface area (Å²) in [5.41, 5.74) is 0. The van der Waals surface area contributed by atoms with E-state index in [9.17, 15) is 19.8 Å². The maximum Gasteiger partial charge on any atom is 0.303 e. The molecule has 4 atom stereocenters. The Balaban J connectivity index is 2.28. The van der Waals surface area contributed by atoms with Gasteiger partial charge < -0.3 is 15.3 Å². The number of unbranched alkanes of at least 4 members (excludes halogenated alkanes) is 2. The summed E-state index contributed by atoms with van der Waals surface area (Å²) in [6.45, 7) is 1.94. The lowest BCUT2D eigenvalue weighted by Crippen LogP contribution is -2.18. The third kappa shape index (κ3) is 7.10. The Morgan fingerprint density at radius 2 is 2.09 bits per heavy atom. The van der Waals surface area contributed by atoms with Crippen LogP contribution < -0.4 is 0 Å². The minimum Gasteiger partial charge on any atom is -0.481 e. The second-order valence-electron chi connectivity index (χ2n) is 6.13. The van der Waals surface area contributed by atoms with Crippen LogP contribution in [0.15, 0.2) is 24.3 Å². The van der Waals surface area contributed by atoms with Crippen LogP contribution in [0.1, 0.15) is 51.9 Å². The number of carbonyl (C=O) groups excluding carboxylic acids is 1. The van der Waals surface area contributed by atoms with E-state index in [0.29, 0.717) is 19.3 Å². The van der Waals surface area contributed by atoms with Gasteiger partial charge in [-0.2, -0.15) is 0 Å². The van der Waals surface area contributed by atoms with E-state index in [2.05, 4.69) is 0 Å². The Hall–Kier alpha value is -1.46. The van der Waals surface area contributed by atoms with E-state index in [4.69, 9.17) is 5.11 Å². The zero-order valence-corrected chi connectivity index (χ0v) is 13.7. The molecule has 5 nitrogen and oxygen atoms in total. The molecule has 0 bridgehead atoms. The third-order valence-corrected chi connectivity index (χ3v) is 4.28. The van der Waals surface area contributed by atoms with E-state index >= 15 is 0 Å². The number of aliphatic hydroxyl groups is 2. The van der Waals surface area contributed by atoms with Gasteiger partial charge in [-0.15, -0.1) is 0 Å². The van der Waals surface area contributed by atoms with E-state index in [0.717, 1.165) is 12.8 Å². The van der Waals surface area contributed by atoms with Gasteiger partial charge in [0.05, 0.1) is 12.2 Å². The highest BCUT2D eigenvalue weighted by Crippen LogP contribution is 2.32. The molecule has 23 heavy (non-hydrogen) atoms. The highest BCUT2D eigenvalue weighted by atomic mass is 16.4. The fourth-order valence-electron chi connectivity index (χ4n) is 2.97. The van der Waals surface area contributed by atoms with Crippen molar-refractivity contribution in [2.24, 2.45) is 11.8 Å². The molecule has 0 radical (unpaired) electrons. The van der Waals surface area contributed by atoms with E-state index in [-0.39, 0.29) is 30.5 Å². The molecule has 1 aliphatic carbocycles. The van der Waals surface area contributed by atoms with E-state index in [1.54, 1.807) is 12.2 Å². The Morgan fingerprint density at radius 3 is 2.74 bits per heavy atom. The predicted molar refractivity (Wildman–Crippen MR) is 87.9 cm³/mol. The first-order valence-corrected chi connectivity index (χ1v) is 8.39. The zero-order valence-electron chi connectivity index (χ0n) is 13.7. The molecular formula is C18H28O5. The molecule has 0 aromatic carbocycles. The molecular weight excluding hydrogens is 296 g/mol. The number of allylic oxidation sites excluding steroid dienone is 1. The number of carboxylic acids is 1. The fourth-order valence-corrected chi connectivity index (χ4v) is 2.97. The maximum absolute atomic E-state index is 11.7. The average molecular weight is 324 g/mol. The van der Waals surface area contributed by atoms with Gasteiger partial charge in [-0.05, 0) is 32.1 Å². The molecule has 0 aliphatic heterocycles. The highest BCUT2D eigenvalue weighted by molar-refractivity contribution is 5.84. The van der Waals surface area contributed by atoms with Crippen LogP contribution in [-0.4, -0.2) is 39.3 Å². The molecule has 1 fully saturated rings. The number of ketones is 1. The van der Waals surface area contributed by atoms with Crippen molar-refractivity contribution in [2.75, 3.05) is 0 Å². The lowest BCUT2D eigenvalue weighted by molar-refractivity contribution is -0.137. The van der Waals surface area contributed by atoms with Crippen LogP contribution in [0.2, 0.25) is 0 Å². The van der Waals surface area contributed by atoms with Crippen molar-refractivity contribution < 1.29 is 24.9 Å². The van der Waals surface area contributed by atoms with Crippen molar-refractivity contribution in [3.63, 3.8) is 0 Å². The quantitative estimate of drug-likeness (QED) is 0.424. The normalized spacial score (nSPS) is 26.4. The van der Waals surface area contributed by atoms with Gasteiger partial charge in [0.25, 0.3) is 0 Å². The van der Waals surface area contributed by atoms with Gasteiger partial charge in [-0.25, -0.2) is 0 Å².